The molecule has 0 aromatic carbocycles. The zero-order chi connectivity index (χ0) is 10.3. The van der Waals surface area contributed by atoms with Gasteiger partial charge < -0.3 is 5.32 Å². The lowest BCUT2D eigenvalue weighted by Crippen LogP contribution is -2.14. The standard InChI is InChI=1S/C12H25N/c1-6-12(10(2)3)8-7-9-13-11(4)5/h10,12-13H,4,6-9H2,1-3,5H3. The van der Waals surface area contributed by atoms with Crippen LogP contribution < -0.4 is 5.32 Å². The minimum atomic E-state index is 0.829. The summed E-state index contributed by atoms with van der Waals surface area (Å²) in [4.78, 5) is 0. The molecule has 1 atom stereocenters. The third kappa shape index (κ3) is 6.68. The minimum Gasteiger partial charge on any atom is -0.389 e. The molecule has 0 aliphatic heterocycles. The van der Waals surface area contributed by atoms with Gasteiger partial charge in [0.2, 0.25) is 0 Å². The van der Waals surface area contributed by atoms with Crippen LogP contribution in [0.25, 0.3) is 0 Å². The largest absolute Gasteiger partial charge is 0.389 e. The highest BCUT2D eigenvalue weighted by Gasteiger charge is 2.09. The predicted octanol–water partition coefficient (Wildman–Crippen LogP) is 3.57. The highest BCUT2D eigenvalue weighted by molar-refractivity contribution is 4.83. The SMILES string of the molecule is C=C(C)NCCCC(CC)C(C)C. The summed E-state index contributed by atoms with van der Waals surface area (Å²) in [5.41, 5.74) is 1.08. The van der Waals surface area contributed by atoms with Gasteiger partial charge in [0, 0.05) is 12.2 Å². The number of allylic oxidation sites excluding steroid dienone is 1. The normalized spacial score (nSPS) is 13.0. The molecule has 0 aliphatic rings. The van der Waals surface area contributed by atoms with Crippen LogP contribution in [-0.2, 0) is 0 Å². The monoisotopic (exact) mass is 183 g/mol. The topological polar surface area (TPSA) is 12.0 Å². The van der Waals surface area contributed by atoms with Crippen molar-refractivity contribution in [2.45, 2.75) is 47.0 Å². The summed E-state index contributed by atoms with van der Waals surface area (Å²) < 4.78 is 0. The summed E-state index contributed by atoms with van der Waals surface area (Å²) >= 11 is 0. The van der Waals surface area contributed by atoms with E-state index in [1.165, 1.54) is 19.3 Å². The van der Waals surface area contributed by atoms with Crippen LogP contribution in [0.3, 0.4) is 0 Å². The summed E-state index contributed by atoms with van der Waals surface area (Å²) in [6, 6.07) is 0. The Labute approximate surface area is 83.6 Å². The Balaban J connectivity index is 3.44. The molecule has 0 saturated heterocycles. The minimum absolute atomic E-state index is 0.829. The fourth-order valence-electron chi connectivity index (χ4n) is 1.67. The Morgan fingerprint density at radius 1 is 1.38 bits per heavy atom. The molecule has 0 rings (SSSR count). The molecule has 0 amide bonds. The summed E-state index contributed by atoms with van der Waals surface area (Å²) in [6.07, 6.45) is 3.92. The average molecular weight is 183 g/mol. The van der Waals surface area contributed by atoms with Gasteiger partial charge in [-0.2, -0.15) is 0 Å². The molecule has 1 unspecified atom stereocenters. The van der Waals surface area contributed by atoms with Crippen LogP contribution in [0.15, 0.2) is 12.3 Å². The van der Waals surface area contributed by atoms with Gasteiger partial charge in [-0.3, -0.25) is 0 Å². The summed E-state index contributed by atoms with van der Waals surface area (Å²) in [7, 11) is 0. The van der Waals surface area contributed by atoms with E-state index < -0.39 is 0 Å². The third-order valence-electron chi connectivity index (χ3n) is 2.65. The molecule has 0 spiro atoms. The summed E-state index contributed by atoms with van der Waals surface area (Å²) in [6.45, 7) is 13.8. The van der Waals surface area contributed by atoms with E-state index in [1.54, 1.807) is 0 Å². The van der Waals surface area contributed by atoms with E-state index in [0.29, 0.717) is 0 Å². The number of hydrogen-bond donors (Lipinski definition) is 1. The maximum atomic E-state index is 3.82. The molecule has 0 aromatic rings. The molecule has 0 saturated carbocycles. The summed E-state index contributed by atoms with van der Waals surface area (Å²) in [5.74, 6) is 1.72. The quantitative estimate of drug-likeness (QED) is 0.595. The van der Waals surface area contributed by atoms with Crippen LogP contribution in [0.1, 0.15) is 47.0 Å². The molecule has 1 heteroatoms. The van der Waals surface area contributed by atoms with Crippen molar-refractivity contribution in [3.8, 4) is 0 Å². The first-order valence-electron chi connectivity index (χ1n) is 5.47. The second-order valence-corrected chi connectivity index (χ2v) is 4.26. The Hall–Kier alpha value is -0.460. The van der Waals surface area contributed by atoms with Gasteiger partial charge in [0.05, 0.1) is 0 Å². The predicted molar refractivity (Wildman–Crippen MR) is 60.7 cm³/mol. The molecule has 1 nitrogen and oxygen atoms in total. The van der Waals surface area contributed by atoms with Crippen molar-refractivity contribution in [3.63, 3.8) is 0 Å². The molecule has 78 valence electrons. The smallest absolute Gasteiger partial charge is 0.0143 e. The van der Waals surface area contributed by atoms with Crippen LogP contribution in [-0.4, -0.2) is 6.54 Å². The molecule has 0 fully saturated rings. The lowest BCUT2D eigenvalue weighted by Gasteiger charge is -2.18. The maximum Gasteiger partial charge on any atom is 0.0143 e. The van der Waals surface area contributed by atoms with Crippen molar-refractivity contribution >= 4 is 0 Å². The fraction of sp³-hybridized carbons (Fsp3) is 0.833. The van der Waals surface area contributed by atoms with E-state index in [0.717, 1.165) is 24.1 Å². The Morgan fingerprint density at radius 3 is 2.38 bits per heavy atom. The van der Waals surface area contributed by atoms with E-state index in [1.807, 2.05) is 6.92 Å². The van der Waals surface area contributed by atoms with Gasteiger partial charge >= 0.3 is 0 Å². The molecular weight excluding hydrogens is 158 g/mol. The van der Waals surface area contributed by atoms with E-state index in [4.69, 9.17) is 0 Å². The van der Waals surface area contributed by atoms with Gasteiger partial charge in [-0.25, -0.2) is 0 Å². The number of rotatable bonds is 7. The van der Waals surface area contributed by atoms with Gasteiger partial charge in [-0.05, 0) is 31.6 Å². The van der Waals surface area contributed by atoms with Crippen molar-refractivity contribution in [2.24, 2.45) is 11.8 Å². The van der Waals surface area contributed by atoms with Crippen molar-refractivity contribution in [1.82, 2.24) is 5.32 Å². The van der Waals surface area contributed by atoms with Crippen LogP contribution in [0, 0.1) is 11.8 Å². The zero-order valence-corrected chi connectivity index (χ0v) is 9.69. The first kappa shape index (κ1) is 12.5. The molecule has 0 bridgehead atoms. The van der Waals surface area contributed by atoms with E-state index in [-0.39, 0.29) is 0 Å². The van der Waals surface area contributed by atoms with Gasteiger partial charge in [0.25, 0.3) is 0 Å². The van der Waals surface area contributed by atoms with Crippen LogP contribution in [0.4, 0.5) is 0 Å². The first-order chi connectivity index (χ1) is 6.07. The molecule has 0 radical (unpaired) electrons. The highest BCUT2D eigenvalue weighted by atomic mass is 14.9. The van der Waals surface area contributed by atoms with Crippen LogP contribution >= 0.6 is 0 Å². The van der Waals surface area contributed by atoms with Gasteiger partial charge in [0.15, 0.2) is 0 Å². The lowest BCUT2D eigenvalue weighted by atomic mass is 9.89. The van der Waals surface area contributed by atoms with Crippen molar-refractivity contribution in [1.29, 1.82) is 0 Å². The number of nitrogens with one attached hydrogen (secondary N) is 1. The summed E-state index contributed by atoms with van der Waals surface area (Å²) in [5, 5.41) is 3.27. The Kier molecular flexibility index (Phi) is 6.75. The van der Waals surface area contributed by atoms with E-state index in [2.05, 4.69) is 32.7 Å². The molecule has 13 heavy (non-hydrogen) atoms. The second kappa shape index (κ2) is 6.99. The van der Waals surface area contributed by atoms with Crippen molar-refractivity contribution in [2.75, 3.05) is 6.54 Å². The van der Waals surface area contributed by atoms with Crippen LogP contribution in [0.2, 0.25) is 0 Å². The third-order valence-corrected chi connectivity index (χ3v) is 2.65. The molecule has 0 aliphatic carbocycles. The van der Waals surface area contributed by atoms with Crippen molar-refractivity contribution in [3.05, 3.63) is 12.3 Å². The fourth-order valence-corrected chi connectivity index (χ4v) is 1.67. The molecule has 0 aromatic heterocycles. The average Bonchev–Trinajstić information content (AvgIpc) is 2.03. The highest BCUT2D eigenvalue weighted by Crippen LogP contribution is 2.19. The molecule has 1 N–H and O–H groups in total. The van der Waals surface area contributed by atoms with E-state index >= 15 is 0 Å². The maximum absolute atomic E-state index is 3.82. The Morgan fingerprint density at radius 2 is 2.00 bits per heavy atom. The first-order valence-corrected chi connectivity index (χ1v) is 5.47. The van der Waals surface area contributed by atoms with Crippen molar-refractivity contribution < 1.29 is 0 Å². The molecular formula is C12H25N. The van der Waals surface area contributed by atoms with Gasteiger partial charge in [-0.15, -0.1) is 0 Å². The van der Waals surface area contributed by atoms with E-state index in [9.17, 15) is 0 Å². The second-order valence-electron chi connectivity index (χ2n) is 4.26. The van der Waals surface area contributed by atoms with Gasteiger partial charge in [-0.1, -0.05) is 33.8 Å². The van der Waals surface area contributed by atoms with Gasteiger partial charge in [0.1, 0.15) is 0 Å². The number of hydrogen-bond acceptors (Lipinski definition) is 1. The lowest BCUT2D eigenvalue weighted by molar-refractivity contribution is 0.340. The van der Waals surface area contributed by atoms with Crippen LogP contribution in [0.5, 0.6) is 0 Å². The Bertz CT molecular complexity index is 138. The molecule has 0 heterocycles. The zero-order valence-electron chi connectivity index (χ0n) is 9.69.